The molecule has 0 radical (unpaired) electrons. The summed E-state index contributed by atoms with van der Waals surface area (Å²) < 4.78 is 13.9. The van der Waals surface area contributed by atoms with Crippen LogP contribution in [0.1, 0.15) is 26.2 Å². The third kappa shape index (κ3) is 4.01. The van der Waals surface area contributed by atoms with Crippen LogP contribution in [-0.2, 0) is 0 Å². The van der Waals surface area contributed by atoms with Crippen molar-refractivity contribution < 1.29 is 14.3 Å². The normalized spacial score (nSPS) is 16.6. The van der Waals surface area contributed by atoms with Crippen molar-refractivity contribution in [3.8, 4) is 17.3 Å². The number of aromatic nitrogens is 4. The van der Waals surface area contributed by atoms with Crippen LogP contribution in [0.4, 0.5) is 5.82 Å². The molecule has 2 N–H and O–H groups in total. The Labute approximate surface area is 186 Å². The molecular weight excluding hydrogens is 408 g/mol. The largest absolute Gasteiger partial charge is 0.475 e. The van der Waals surface area contributed by atoms with Gasteiger partial charge in [-0.1, -0.05) is 6.42 Å². The van der Waals surface area contributed by atoms with E-state index in [-0.39, 0.29) is 6.61 Å². The molecule has 0 spiro atoms. The molecule has 1 aliphatic heterocycles. The highest BCUT2D eigenvalue weighted by Gasteiger charge is 2.18. The molecule has 1 fully saturated rings. The van der Waals surface area contributed by atoms with Gasteiger partial charge in [0.1, 0.15) is 23.7 Å². The monoisotopic (exact) mass is 436 g/mol. The summed E-state index contributed by atoms with van der Waals surface area (Å²) in [6.45, 7) is 4.99. The number of anilines is 1. The number of hydrogen-bond acceptors (Lipinski definition) is 8. The van der Waals surface area contributed by atoms with Gasteiger partial charge in [-0.05, 0) is 44.5 Å². The van der Waals surface area contributed by atoms with Gasteiger partial charge in [-0.3, -0.25) is 0 Å². The maximum atomic E-state index is 9.40. The standard InChI is InChI=1S/C23H28N6O3/c1-2-28(11-12-30)23-17-13-20(32-19(17)8-10-25-23)18-14-26-21-6-7-22(27-29(18)21)31-15-16-5-3-4-9-24-16/h6-8,10,13-14,16,24,30H,2-5,9,11-12,15H2,1H3. The van der Waals surface area contributed by atoms with E-state index in [0.29, 0.717) is 30.8 Å². The summed E-state index contributed by atoms with van der Waals surface area (Å²) in [5.41, 5.74) is 2.19. The van der Waals surface area contributed by atoms with Gasteiger partial charge >= 0.3 is 0 Å². The minimum absolute atomic E-state index is 0.0625. The molecule has 5 rings (SSSR count). The maximum absolute atomic E-state index is 9.40. The van der Waals surface area contributed by atoms with Crippen LogP contribution in [0.2, 0.25) is 0 Å². The molecule has 1 aliphatic rings. The highest BCUT2D eigenvalue weighted by atomic mass is 16.5. The number of imidazole rings is 1. The van der Waals surface area contributed by atoms with E-state index in [1.807, 2.05) is 36.1 Å². The van der Waals surface area contributed by atoms with E-state index in [1.54, 1.807) is 16.9 Å². The first kappa shape index (κ1) is 20.7. The first-order valence-electron chi connectivity index (χ1n) is 11.2. The summed E-state index contributed by atoms with van der Waals surface area (Å²) in [6.07, 6.45) is 7.06. The van der Waals surface area contributed by atoms with Crippen molar-refractivity contribution in [2.24, 2.45) is 0 Å². The lowest BCUT2D eigenvalue weighted by Gasteiger charge is -2.23. The summed E-state index contributed by atoms with van der Waals surface area (Å²) in [7, 11) is 0. The minimum atomic E-state index is 0.0625. The SMILES string of the molecule is CCN(CCO)c1nccc2oc(-c3cnc4ccc(OCC5CCCCN5)nn34)cc12. The number of rotatable bonds is 8. The molecule has 4 aromatic rings. The van der Waals surface area contributed by atoms with Crippen LogP contribution in [0.5, 0.6) is 5.88 Å². The van der Waals surface area contributed by atoms with Crippen molar-refractivity contribution in [2.45, 2.75) is 32.2 Å². The predicted octanol–water partition coefficient (Wildman–Crippen LogP) is 2.88. The van der Waals surface area contributed by atoms with Gasteiger partial charge in [-0.25, -0.2) is 14.5 Å². The Balaban J connectivity index is 1.46. The average molecular weight is 437 g/mol. The van der Waals surface area contributed by atoms with E-state index in [9.17, 15) is 5.11 Å². The van der Waals surface area contributed by atoms with Crippen molar-refractivity contribution in [1.29, 1.82) is 0 Å². The molecule has 1 atom stereocenters. The van der Waals surface area contributed by atoms with Crippen LogP contribution in [0.3, 0.4) is 0 Å². The second-order valence-electron chi connectivity index (χ2n) is 8.00. The Bertz CT molecular complexity index is 1200. The second-order valence-corrected chi connectivity index (χ2v) is 8.00. The van der Waals surface area contributed by atoms with Crippen LogP contribution >= 0.6 is 0 Å². The molecule has 0 bridgehead atoms. The van der Waals surface area contributed by atoms with E-state index in [0.717, 1.165) is 47.6 Å². The molecule has 0 aliphatic carbocycles. The van der Waals surface area contributed by atoms with E-state index in [1.165, 1.54) is 12.8 Å². The third-order valence-electron chi connectivity index (χ3n) is 5.91. The van der Waals surface area contributed by atoms with Crippen molar-refractivity contribution in [2.75, 3.05) is 37.7 Å². The summed E-state index contributed by atoms with van der Waals surface area (Å²) in [6, 6.07) is 7.92. The highest BCUT2D eigenvalue weighted by molar-refractivity contribution is 5.91. The number of hydrogen-bond donors (Lipinski definition) is 2. The quantitative estimate of drug-likeness (QED) is 0.435. The van der Waals surface area contributed by atoms with Crippen molar-refractivity contribution >= 4 is 22.4 Å². The van der Waals surface area contributed by atoms with Gasteiger partial charge in [0.05, 0.1) is 18.2 Å². The number of nitrogens with zero attached hydrogens (tertiary/aromatic N) is 5. The molecule has 0 amide bonds. The molecule has 168 valence electrons. The fraction of sp³-hybridized carbons (Fsp3) is 0.435. The topological polar surface area (TPSA) is 101 Å². The van der Waals surface area contributed by atoms with Crippen molar-refractivity contribution in [3.63, 3.8) is 0 Å². The number of aliphatic hydroxyl groups is 1. The van der Waals surface area contributed by atoms with Crippen molar-refractivity contribution in [3.05, 3.63) is 36.7 Å². The first-order valence-corrected chi connectivity index (χ1v) is 11.2. The fourth-order valence-corrected chi connectivity index (χ4v) is 4.22. The molecule has 4 aromatic heterocycles. The number of furan rings is 1. The molecule has 0 aromatic carbocycles. The summed E-state index contributed by atoms with van der Waals surface area (Å²) in [4.78, 5) is 11.0. The van der Waals surface area contributed by atoms with E-state index >= 15 is 0 Å². The van der Waals surface area contributed by atoms with Gasteiger partial charge in [0.15, 0.2) is 11.4 Å². The highest BCUT2D eigenvalue weighted by Crippen LogP contribution is 2.33. The Kier molecular flexibility index (Phi) is 5.91. The van der Waals surface area contributed by atoms with Gasteiger partial charge in [0.25, 0.3) is 0 Å². The number of nitrogens with one attached hydrogen (secondary N) is 1. The number of aliphatic hydroxyl groups excluding tert-OH is 1. The molecule has 5 heterocycles. The zero-order chi connectivity index (χ0) is 21.9. The number of pyridine rings is 1. The molecule has 1 saturated heterocycles. The molecule has 9 heteroatoms. The van der Waals surface area contributed by atoms with E-state index in [4.69, 9.17) is 9.15 Å². The lowest BCUT2D eigenvalue weighted by Crippen LogP contribution is -2.38. The number of piperidine rings is 1. The van der Waals surface area contributed by atoms with E-state index < -0.39 is 0 Å². The number of fused-ring (bicyclic) bond motifs is 2. The van der Waals surface area contributed by atoms with Crippen LogP contribution in [0.25, 0.3) is 28.1 Å². The fourth-order valence-electron chi connectivity index (χ4n) is 4.22. The van der Waals surface area contributed by atoms with Gasteiger partial charge in [-0.2, -0.15) is 0 Å². The predicted molar refractivity (Wildman–Crippen MR) is 122 cm³/mol. The van der Waals surface area contributed by atoms with Crippen LogP contribution in [0, 0.1) is 0 Å². The third-order valence-corrected chi connectivity index (χ3v) is 5.91. The first-order chi connectivity index (χ1) is 15.8. The zero-order valence-corrected chi connectivity index (χ0v) is 18.2. The zero-order valence-electron chi connectivity index (χ0n) is 18.2. The molecule has 32 heavy (non-hydrogen) atoms. The minimum Gasteiger partial charge on any atom is -0.475 e. The van der Waals surface area contributed by atoms with Crippen LogP contribution in [-0.4, -0.2) is 63.6 Å². The lowest BCUT2D eigenvalue weighted by atomic mass is 10.1. The van der Waals surface area contributed by atoms with Crippen LogP contribution in [0.15, 0.2) is 41.1 Å². The van der Waals surface area contributed by atoms with Gasteiger partial charge < -0.3 is 24.5 Å². The molecule has 9 nitrogen and oxygen atoms in total. The van der Waals surface area contributed by atoms with Crippen LogP contribution < -0.4 is 15.0 Å². The molecular formula is C23H28N6O3. The number of ether oxygens (including phenoxy) is 1. The molecule has 0 saturated carbocycles. The summed E-state index contributed by atoms with van der Waals surface area (Å²) in [5.74, 6) is 2.00. The Morgan fingerprint density at radius 1 is 1.28 bits per heavy atom. The maximum Gasteiger partial charge on any atom is 0.231 e. The molecule has 1 unspecified atom stereocenters. The Hall–Kier alpha value is -3.17. The van der Waals surface area contributed by atoms with Gasteiger partial charge in [0.2, 0.25) is 5.88 Å². The number of likely N-dealkylation sites (N-methyl/N-ethyl adjacent to an activating group) is 1. The van der Waals surface area contributed by atoms with E-state index in [2.05, 4.69) is 20.4 Å². The van der Waals surface area contributed by atoms with Gasteiger partial charge in [0, 0.05) is 31.4 Å². The lowest BCUT2D eigenvalue weighted by molar-refractivity contribution is 0.229. The average Bonchev–Trinajstić information content (AvgIpc) is 3.45. The van der Waals surface area contributed by atoms with Gasteiger partial charge in [-0.15, -0.1) is 5.10 Å². The van der Waals surface area contributed by atoms with Crippen molar-refractivity contribution in [1.82, 2.24) is 24.9 Å². The Morgan fingerprint density at radius 2 is 2.22 bits per heavy atom. The Morgan fingerprint density at radius 3 is 3.03 bits per heavy atom. The summed E-state index contributed by atoms with van der Waals surface area (Å²) >= 11 is 0. The smallest absolute Gasteiger partial charge is 0.231 e. The second kappa shape index (κ2) is 9.13. The summed E-state index contributed by atoms with van der Waals surface area (Å²) in [5, 5.41) is 18.4.